The number of ether oxygens (including phenoxy) is 1. The molecule has 146 valence electrons. The topological polar surface area (TPSA) is 46.5 Å². The summed E-state index contributed by atoms with van der Waals surface area (Å²) < 4.78 is 7.35. The highest BCUT2D eigenvalue weighted by atomic mass is 16.5. The summed E-state index contributed by atoms with van der Waals surface area (Å²) in [6.07, 6.45) is 7.56. The molecule has 1 aliphatic rings. The van der Waals surface area contributed by atoms with Gasteiger partial charge >= 0.3 is 0 Å². The van der Waals surface area contributed by atoms with E-state index < -0.39 is 0 Å². The summed E-state index contributed by atoms with van der Waals surface area (Å²) in [4.78, 5) is 15.0. The molecule has 5 heteroatoms. The maximum atomic E-state index is 12.5. The van der Waals surface area contributed by atoms with E-state index in [-0.39, 0.29) is 11.9 Å². The zero-order valence-electron chi connectivity index (χ0n) is 16.5. The van der Waals surface area contributed by atoms with Gasteiger partial charge in [-0.25, -0.2) is 0 Å². The van der Waals surface area contributed by atoms with Gasteiger partial charge in [0.05, 0.1) is 19.6 Å². The number of nitrogens with one attached hydrogen (secondary N) is 1. The average Bonchev–Trinajstić information content (AvgIpc) is 2.93. The van der Waals surface area contributed by atoms with Gasteiger partial charge in [-0.15, -0.1) is 0 Å². The molecule has 5 nitrogen and oxygen atoms in total. The molecular weight excluding hydrogens is 338 g/mol. The Labute approximate surface area is 162 Å². The standard InChI is InChI=1S/C22H31N3O2/c1-24-13-7-8-20(24)21(25-14-5-3-4-6-15-25)17-23-22(26)16-18-9-11-19(27-2)12-10-18/h7-13,21H,3-6,14-17H2,1-2H3,(H,23,26). The minimum atomic E-state index is 0.0641. The molecule has 2 heterocycles. The predicted octanol–water partition coefficient (Wildman–Crippen LogP) is 3.31. The molecule has 1 atom stereocenters. The first-order valence-corrected chi connectivity index (χ1v) is 9.92. The number of likely N-dealkylation sites (tertiary alicyclic amines) is 1. The third-order valence-corrected chi connectivity index (χ3v) is 5.42. The van der Waals surface area contributed by atoms with Gasteiger partial charge in [-0.2, -0.15) is 0 Å². The van der Waals surface area contributed by atoms with Crippen LogP contribution in [0.2, 0.25) is 0 Å². The summed E-state index contributed by atoms with van der Waals surface area (Å²) >= 11 is 0. The zero-order valence-corrected chi connectivity index (χ0v) is 16.5. The minimum Gasteiger partial charge on any atom is -0.497 e. The lowest BCUT2D eigenvalue weighted by Crippen LogP contribution is -2.39. The van der Waals surface area contributed by atoms with Crippen LogP contribution in [0.5, 0.6) is 5.75 Å². The van der Waals surface area contributed by atoms with Gasteiger partial charge in [0, 0.05) is 25.5 Å². The minimum absolute atomic E-state index is 0.0641. The van der Waals surface area contributed by atoms with Gasteiger partial charge in [0.25, 0.3) is 0 Å². The zero-order chi connectivity index (χ0) is 19.1. The van der Waals surface area contributed by atoms with Crippen LogP contribution in [0, 0.1) is 0 Å². The maximum absolute atomic E-state index is 12.5. The lowest BCUT2D eigenvalue weighted by Gasteiger charge is -2.31. The van der Waals surface area contributed by atoms with E-state index in [1.54, 1.807) is 7.11 Å². The first kappa shape index (κ1) is 19.5. The van der Waals surface area contributed by atoms with Crippen molar-refractivity contribution in [1.82, 2.24) is 14.8 Å². The third kappa shape index (κ3) is 5.36. The summed E-state index contributed by atoms with van der Waals surface area (Å²) in [6.45, 7) is 2.85. The molecule has 27 heavy (non-hydrogen) atoms. The van der Waals surface area contributed by atoms with E-state index in [1.165, 1.54) is 31.4 Å². The molecular formula is C22H31N3O2. The van der Waals surface area contributed by atoms with Crippen LogP contribution >= 0.6 is 0 Å². The molecule has 2 aromatic rings. The third-order valence-electron chi connectivity index (χ3n) is 5.42. The van der Waals surface area contributed by atoms with E-state index in [2.05, 4.69) is 40.2 Å². The molecule has 0 saturated carbocycles. The summed E-state index contributed by atoms with van der Waals surface area (Å²) in [6, 6.07) is 12.2. The van der Waals surface area contributed by atoms with Crippen LogP contribution in [-0.4, -0.2) is 42.1 Å². The molecule has 1 amide bonds. The quantitative estimate of drug-likeness (QED) is 0.814. The second-order valence-corrected chi connectivity index (χ2v) is 7.34. The smallest absolute Gasteiger partial charge is 0.224 e. The SMILES string of the molecule is COc1ccc(CC(=O)NCC(c2cccn2C)N2CCCCCC2)cc1. The van der Waals surface area contributed by atoms with Crippen LogP contribution in [0.1, 0.15) is 43.0 Å². The highest BCUT2D eigenvalue weighted by Crippen LogP contribution is 2.24. The Morgan fingerprint density at radius 3 is 2.41 bits per heavy atom. The van der Waals surface area contributed by atoms with Crippen molar-refractivity contribution < 1.29 is 9.53 Å². The van der Waals surface area contributed by atoms with Crippen molar-refractivity contribution in [2.24, 2.45) is 7.05 Å². The van der Waals surface area contributed by atoms with Gasteiger partial charge in [0.1, 0.15) is 5.75 Å². The first-order valence-electron chi connectivity index (χ1n) is 9.92. The Hall–Kier alpha value is -2.27. The lowest BCUT2D eigenvalue weighted by atomic mass is 10.1. The largest absolute Gasteiger partial charge is 0.497 e. The number of carbonyl (C=O) groups is 1. The molecule has 1 N–H and O–H groups in total. The number of methoxy groups -OCH3 is 1. The molecule has 1 aromatic carbocycles. The number of hydrogen-bond donors (Lipinski definition) is 1. The molecule has 0 aliphatic carbocycles. The molecule has 1 aromatic heterocycles. The number of carbonyl (C=O) groups excluding carboxylic acids is 1. The fraction of sp³-hybridized carbons (Fsp3) is 0.500. The Kier molecular flexibility index (Phi) is 6.93. The van der Waals surface area contributed by atoms with E-state index in [0.29, 0.717) is 13.0 Å². The van der Waals surface area contributed by atoms with Crippen LogP contribution in [0.3, 0.4) is 0 Å². The van der Waals surface area contributed by atoms with Crippen LogP contribution in [0.4, 0.5) is 0 Å². The Balaban J connectivity index is 1.62. The highest BCUT2D eigenvalue weighted by Gasteiger charge is 2.23. The van der Waals surface area contributed by atoms with Crippen molar-refractivity contribution in [3.63, 3.8) is 0 Å². The summed E-state index contributed by atoms with van der Waals surface area (Å²) in [5.41, 5.74) is 2.26. The molecule has 3 rings (SSSR count). The van der Waals surface area contributed by atoms with Crippen molar-refractivity contribution in [3.05, 3.63) is 53.9 Å². The fourth-order valence-corrected chi connectivity index (χ4v) is 3.85. The van der Waals surface area contributed by atoms with Gasteiger partial charge < -0.3 is 14.6 Å². The number of amides is 1. The van der Waals surface area contributed by atoms with E-state index >= 15 is 0 Å². The fourth-order valence-electron chi connectivity index (χ4n) is 3.85. The predicted molar refractivity (Wildman–Crippen MR) is 108 cm³/mol. The van der Waals surface area contributed by atoms with Crippen molar-refractivity contribution in [1.29, 1.82) is 0 Å². The van der Waals surface area contributed by atoms with Crippen molar-refractivity contribution in [3.8, 4) is 5.75 Å². The lowest BCUT2D eigenvalue weighted by molar-refractivity contribution is -0.120. The van der Waals surface area contributed by atoms with Crippen molar-refractivity contribution >= 4 is 5.91 Å². The van der Waals surface area contributed by atoms with Gasteiger partial charge in [-0.05, 0) is 55.8 Å². The van der Waals surface area contributed by atoms with Gasteiger partial charge in [-0.1, -0.05) is 25.0 Å². The molecule has 1 saturated heterocycles. The maximum Gasteiger partial charge on any atom is 0.224 e. The Morgan fingerprint density at radius 1 is 1.11 bits per heavy atom. The number of aromatic nitrogens is 1. The van der Waals surface area contributed by atoms with Crippen molar-refractivity contribution in [2.45, 2.75) is 38.1 Å². The van der Waals surface area contributed by atoms with Crippen molar-refractivity contribution in [2.75, 3.05) is 26.7 Å². The van der Waals surface area contributed by atoms with Gasteiger partial charge in [-0.3, -0.25) is 9.69 Å². The summed E-state index contributed by atoms with van der Waals surface area (Å²) in [7, 11) is 3.73. The molecule has 1 fully saturated rings. The number of aryl methyl sites for hydroxylation is 1. The van der Waals surface area contributed by atoms with E-state index in [1.807, 2.05) is 24.3 Å². The molecule has 0 spiro atoms. The van der Waals surface area contributed by atoms with E-state index in [0.717, 1.165) is 24.4 Å². The van der Waals surface area contributed by atoms with E-state index in [9.17, 15) is 4.79 Å². The summed E-state index contributed by atoms with van der Waals surface area (Å²) in [5, 5.41) is 3.17. The normalized spacial score (nSPS) is 16.5. The Bertz CT molecular complexity index is 715. The second-order valence-electron chi connectivity index (χ2n) is 7.34. The molecule has 1 aliphatic heterocycles. The van der Waals surface area contributed by atoms with Gasteiger partial charge in [0.15, 0.2) is 0 Å². The van der Waals surface area contributed by atoms with Crippen LogP contribution in [0.15, 0.2) is 42.6 Å². The molecule has 0 bridgehead atoms. The van der Waals surface area contributed by atoms with Gasteiger partial charge in [0.2, 0.25) is 5.91 Å². The second kappa shape index (κ2) is 9.60. The first-order chi connectivity index (χ1) is 13.2. The van der Waals surface area contributed by atoms with Crippen LogP contribution in [-0.2, 0) is 18.3 Å². The molecule has 0 radical (unpaired) electrons. The molecule has 1 unspecified atom stereocenters. The van der Waals surface area contributed by atoms with E-state index in [4.69, 9.17) is 4.74 Å². The Morgan fingerprint density at radius 2 is 1.81 bits per heavy atom. The number of hydrogen-bond acceptors (Lipinski definition) is 3. The number of nitrogens with zero attached hydrogens (tertiary/aromatic N) is 2. The number of benzene rings is 1. The monoisotopic (exact) mass is 369 g/mol. The number of rotatable bonds is 7. The highest BCUT2D eigenvalue weighted by molar-refractivity contribution is 5.78. The van der Waals surface area contributed by atoms with Crippen LogP contribution < -0.4 is 10.1 Å². The van der Waals surface area contributed by atoms with Crippen LogP contribution in [0.25, 0.3) is 0 Å². The summed E-state index contributed by atoms with van der Waals surface area (Å²) in [5.74, 6) is 0.873. The average molecular weight is 370 g/mol.